The Labute approximate surface area is 106 Å². The number of hydrogen-bond acceptors (Lipinski definition) is 4. The van der Waals surface area contributed by atoms with Crippen LogP contribution < -0.4 is 5.32 Å². The predicted octanol–water partition coefficient (Wildman–Crippen LogP) is 2.17. The number of ether oxygens (including phenoxy) is 1. The largest absolute Gasteiger partial charge is 0.377 e. The zero-order valence-corrected chi connectivity index (χ0v) is 10.5. The number of nitrogens with one attached hydrogen (secondary N) is 1. The summed E-state index contributed by atoms with van der Waals surface area (Å²) in [6.45, 7) is 4.10. The van der Waals surface area contributed by atoms with Gasteiger partial charge in [-0.25, -0.2) is 0 Å². The molecule has 1 N–H and O–H groups in total. The Morgan fingerprint density at radius 1 is 1.56 bits per heavy atom. The van der Waals surface area contributed by atoms with Crippen molar-refractivity contribution in [1.29, 1.82) is 0 Å². The summed E-state index contributed by atoms with van der Waals surface area (Å²) in [5.74, 6) is 0. The van der Waals surface area contributed by atoms with Gasteiger partial charge in [0.1, 0.15) is 0 Å². The van der Waals surface area contributed by atoms with Crippen LogP contribution in [0.15, 0.2) is 18.2 Å². The van der Waals surface area contributed by atoms with Gasteiger partial charge in [0, 0.05) is 31.3 Å². The van der Waals surface area contributed by atoms with E-state index in [0.717, 1.165) is 37.1 Å². The minimum atomic E-state index is -0.334. The number of nitro benzene ring substituents is 1. The second kappa shape index (κ2) is 5.93. The Balaban J connectivity index is 1.92. The number of nitrogens with zero attached hydrogens (tertiary/aromatic N) is 1. The first-order chi connectivity index (χ1) is 8.68. The molecule has 5 heteroatoms. The maximum atomic E-state index is 10.8. The molecule has 1 saturated heterocycles. The second-order valence-electron chi connectivity index (χ2n) is 4.58. The first-order valence-corrected chi connectivity index (χ1v) is 6.23. The topological polar surface area (TPSA) is 64.4 Å². The van der Waals surface area contributed by atoms with Crippen molar-refractivity contribution in [3.63, 3.8) is 0 Å². The molecule has 1 aromatic carbocycles. The van der Waals surface area contributed by atoms with Crippen molar-refractivity contribution in [2.75, 3.05) is 13.2 Å². The zero-order valence-electron chi connectivity index (χ0n) is 10.5. The van der Waals surface area contributed by atoms with Crippen molar-refractivity contribution >= 4 is 5.69 Å². The molecule has 0 aliphatic carbocycles. The predicted molar refractivity (Wildman–Crippen MR) is 68.5 cm³/mol. The number of hydrogen-bond donors (Lipinski definition) is 1. The Kier molecular flexibility index (Phi) is 4.28. The molecule has 1 fully saturated rings. The molecule has 1 heterocycles. The lowest BCUT2D eigenvalue weighted by molar-refractivity contribution is -0.385. The van der Waals surface area contributed by atoms with Gasteiger partial charge in [0.2, 0.25) is 0 Å². The Morgan fingerprint density at radius 2 is 2.39 bits per heavy atom. The Bertz CT molecular complexity index is 428. The van der Waals surface area contributed by atoms with Gasteiger partial charge in [-0.15, -0.1) is 0 Å². The fourth-order valence-corrected chi connectivity index (χ4v) is 2.23. The molecule has 1 atom stereocenters. The molecule has 2 rings (SSSR count). The molecule has 0 bridgehead atoms. The highest BCUT2D eigenvalue weighted by Crippen LogP contribution is 2.21. The van der Waals surface area contributed by atoms with Crippen LogP contribution in [-0.2, 0) is 11.3 Å². The lowest BCUT2D eigenvalue weighted by Crippen LogP contribution is -2.26. The molecule has 0 radical (unpaired) electrons. The van der Waals surface area contributed by atoms with E-state index >= 15 is 0 Å². The molecule has 18 heavy (non-hydrogen) atoms. The van der Waals surface area contributed by atoms with Gasteiger partial charge in [-0.3, -0.25) is 10.1 Å². The fraction of sp³-hybridized carbons (Fsp3) is 0.538. The van der Waals surface area contributed by atoms with Gasteiger partial charge in [0.05, 0.1) is 11.0 Å². The highest BCUT2D eigenvalue weighted by atomic mass is 16.6. The van der Waals surface area contributed by atoms with Crippen LogP contribution in [0, 0.1) is 17.0 Å². The first-order valence-electron chi connectivity index (χ1n) is 6.23. The van der Waals surface area contributed by atoms with Gasteiger partial charge in [-0.05, 0) is 25.3 Å². The molecule has 0 spiro atoms. The maximum Gasteiger partial charge on any atom is 0.272 e. The third-order valence-electron chi connectivity index (χ3n) is 3.33. The molecule has 5 nitrogen and oxygen atoms in total. The van der Waals surface area contributed by atoms with Crippen molar-refractivity contribution < 1.29 is 9.66 Å². The average Bonchev–Trinajstić information content (AvgIpc) is 2.84. The summed E-state index contributed by atoms with van der Waals surface area (Å²) in [6, 6.07) is 5.19. The van der Waals surface area contributed by atoms with E-state index in [1.165, 1.54) is 0 Å². The van der Waals surface area contributed by atoms with Crippen LogP contribution in [0.25, 0.3) is 0 Å². The van der Waals surface area contributed by atoms with E-state index in [4.69, 9.17) is 4.74 Å². The normalized spacial score (nSPS) is 19.1. The molecule has 0 amide bonds. The summed E-state index contributed by atoms with van der Waals surface area (Å²) < 4.78 is 5.51. The summed E-state index contributed by atoms with van der Waals surface area (Å²) in [6.07, 6.45) is 2.52. The summed E-state index contributed by atoms with van der Waals surface area (Å²) in [5, 5.41) is 14.1. The minimum Gasteiger partial charge on any atom is -0.377 e. The van der Waals surface area contributed by atoms with Crippen molar-refractivity contribution in [2.45, 2.75) is 32.4 Å². The summed E-state index contributed by atoms with van der Waals surface area (Å²) in [4.78, 5) is 10.5. The fourth-order valence-electron chi connectivity index (χ4n) is 2.23. The van der Waals surface area contributed by atoms with Crippen LogP contribution in [0.4, 0.5) is 5.69 Å². The molecule has 0 aromatic heterocycles. The third-order valence-corrected chi connectivity index (χ3v) is 3.33. The van der Waals surface area contributed by atoms with E-state index in [2.05, 4.69) is 5.32 Å². The average molecular weight is 250 g/mol. The third kappa shape index (κ3) is 3.05. The van der Waals surface area contributed by atoms with Gasteiger partial charge < -0.3 is 10.1 Å². The summed E-state index contributed by atoms with van der Waals surface area (Å²) in [7, 11) is 0. The highest BCUT2D eigenvalue weighted by Gasteiger charge is 2.16. The first kappa shape index (κ1) is 13.0. The lowest BCUT2D eigenvalue weighted by atomic mass is 10.1. The van der Waals surface area contributed by atoms with Gasteiger partial charge in [0.25, 0.3) is 5.69 Å². The number of rotatable bonds is 5. The molecule has 98 valence electrons. The molecule has 1 unspecified atom stereocenters. The van der Waals surface area contributed by atoms with Gasteiger partial charge in [0.15, 0.2) is 0 Å². The smallest absolute Gasteiger partial charge is 0.272 e. The number of benzene rings is 1. The van der Waals surface area contributed by atoms with Crippen LogP contribution in [0.1, 0.15) is 24.0 Å². The molecule has 0 saturated carbocycles. The van der Waals surface area contributed by atoms with Gasteiger partial charge in [-0.2, -0.15) is 0 Å². The molecular weight excluding hydrogens is 232 g/mol. The van der Waals surface area contributed by atoms with Crippen LogP contribution >= 0.6 is 0 Å². The minimum absolute atomic E-state index is 0.186. The number of nitro groups is 1. The summed E-state index contributed by atoms with van der Waals surface area (Å²) >= 11 is 0. The summed E-state index contributed by atoms with van der Waals surface area (Å²) in [5.41, 5.74) is 1.90. The standard InChI is InChI=1S/C13H18N2O3/c1-10-11(4-2-6-13(10)15(16)17)8-14-9-12-5-3-7-18-12/h2,4,6,12,14H,3,5,7-9H2,1H3. The Morgan fingerprint density at radius 3 is 3.06 bits per heavy atom. The van der Waals surface area contributed by atoms with E-state index < -0.39 is 0 Å². The zero-order chi connectivity index (χ0) is 13.0. The van der Waals surface area contributed by atoms with E-state index in [-0.39, 0.29) is 10.6 Å². The second-order valence-corrected chi connectivity index (χ2v) is 4.58. The molecular formula is C13H18N2O3. The SMILES string of the molecule is Cc1c(CNCC2CCCO2)cccc1[N+](=O)[O-]. The maximum absolute atomic E-state index is 10.8. The van der Waals surface area contributed by atoms with E-state index in [9.17, 15) is 10.1 Å². The van der Waals surface area contributed by atoms with Gasteiger partial charge in [-0.1, -0.05) is 12.1 Å². The van der Waals surface area contributed by atoms with Crippen LogP contribution in [-0.4, -0.2) is 24.2 Å². The van der Waals surface area contributed by atoms with Crippen molar-refractivity contribution in [1.82, 2.24) is 5.32 Å². The van der Waals surface area contributed by atoms with Crippen LogP contribution in [0.5, 0.6) is 0 Å². The molecule has 1 aliphatic rings. The van der Waals surface area contributed by atoms with Crippen LogP contribution in [0.2, 0.25) is 0 Å². The van der Waals surface area contributed by atoms with Crippen molar-refractivity contribution in [2.24, 2.45) is 0 Å². The van der Waals surface area contributed by atoms with Crippen molar-refractivity contribution in [3.8, 4) is 0 Å². The molecule has 1 aliphatic heterocycles. The lowest BCUT2D eigenvalue weighted by Gasteiger charge is -2.12. The van der Waals surface area contributed by atoms with E-state index in [1.54, 1.807) is 19.1 Å². The van der Waals surface area contributed by atoms with Crippen LogP contribution in [0.3, 0.4) is 0 Å². The highest BCUT2D eigenvalue weighted by molar-refractivity contribution is 5.44. The van der Waals surface area contributed by atoms with E-state index in [1.807, 2.05) is 6.07 Å². The van der Waals surface area contributed by atoms with Crippen molar-refractivity contribution in [3.05, 3.63) is 39.4 Å². The Hall–Kier alpha value is -1.46. The van der Waals surface area contributed by atoms with Gasteiger partial charge >= 0.3 is 0 Å². The monoisotopic (exact) mass is 250 g/mol. The van der Waals surface area contributed by atoms with E-state index in [0.29, 0.717) is 12.6 Å². The quantitative estimate of drug-likeness (QED) is 0.642. The molecule has 1 aromatic rings.